The minimum atomic E-state index is -0.498. The van der Waals surface area contributed by atoms with E-state index in [0.717, 1.165) is 5.56 Å². The Morgan fingerprint density at radius 2 is 1.95 bits per heavy atom. The van der Waals surface area contributed by atoms with Gasteiger partial charge in [-0.05, 0) is 45.8 Å². The zero-order chi connectivity index (χ0) is 15.0. The molecule has 0 saturated heterocycles. The molecule has 3 rings (SSSR count). The molecule has 2 aromatic carbocycles. The van der Waals surface area contributed by atoms with Gasteiger partial charge >= 0.3 is 0 Å². The van der Waals surface area contributed by atoms with E-state index in [1.165, 1.54) is 18.2 Å². The largest absolute Gasteiger partial charge is 0.272 e. The van der Waals surface area contributed by atoms with Crippen LogP contribution in [-0.2, 0) is 6.42 Å². The molecule has 3 aromatic rings. The van der Waals surface area contributed by atoms with Crippen LogP contribution in [0.15, 0.2) is 45.7 Å². The van der Waals surface area contributed by atoms with Gasteiger partial charge in [-0.25, -0.2) is 13.9 Å². The summed E-state index contributed by atoms with van der Waals surface area (Å²) in [6.07, 6.45) is 0.285. The van der Waals surface area contributed by atoms with Crippen molar-refractivity contribution >= 4 is 26.7 Å². The fourth-order valence-corrected chi connectivity index (χ4v) is 2.64. The lowest BCUT2D eigenvalue weighted by atomic mass is 10.0. The van der Waals surface area contributed by atoms with E-state index >= 15 is 0 Å². The number of H-pyrrole nitrogens is 1. The molecule has 0 aliphatic rings. The van der Waals surface area contributed by atoms with Gasteiger partial charge in [-0.15, -0.1) is 0 Å². The molecule has 0 bridgehead atoms. The van der Waals surface area contributed by atoms with Gasteiger partial charge in [-0.3, -0.25) is 4.79 Å². The van der Waals surface area contributed by atoms with Gasteiger partial charge in [0, 0.05) is 11.8 Å². The molecule has 0 aliphatic heterocycles. The van der Waals surface area contributed by atoms with Crippen molar-refractivity contribution in [1.82, 2.24) is 10.2 Å². The van der Waals surface area contributed by atoms with Crippen molar-refractivity contribution in [1.29, 1.82) is 0 Å². The average Bonchev–Trinajstić information content (AvgIpc) is 2.46. The van der Waals surface area contributed by atoms with E-state index in [9.17, 15) is 13.6 Å². The highest BCUT2D eigenvalue weighted by Crippen LogP contribution is 2.22. The molecule has 1 heterocycles. The van der Waals surface area contributed by atoms with Gasteiger partial charge in [0.25, 0.3) is 5.56 Å². The molecular formula is C15H9BrF2N2O. The number of hydrogen-bond donors (Lipinski definition) is 1. The number of hydrogen-bond acceptors (Lipinski definition) is 2. The highest BCUT2D eigenvalue weighted by molar-refractivity contribution is 9.10. The monoisotopic (exact) mass is 350 g/mol. The van der Waals surface area contributed by atoms with E-state index in [0.29, 0.717) is 10.2 Å². The molecule has 0 fully saturated rings. The second-order valence-electron chi connectivity index (χ2n) is 4.59. The minimum absolute atomic E-state index is 0.196. The Hall–Kier alpha value is -2.08. The summed E-state index contributed by atoms with van der Waals surface area (Å²) in [6, 6.07) is 8.83. The zero-order valence-corrected chi connectivity index (χ0v) is 12.2. The maximum Gasteiger partial charge on any atom is 0.272 e. The van der Waals surface area contributed by atoms with Crippen LogP contribution in [0, 0.1) is 11.6 Å². The molecule has 3 nitrogen and oxygen atoms in total. The van der Waals surface area contributed by atoms with Crippen molar-refractivity contribution < 1.29 is 8.78 Å². The van der Waals surface area contributed by atoms with E-state index in [2.05, 4.69) is 26.1 Å². The number of aromatic nitrogens is 2. The first-order valence-corrected chi connectivity index (χ1v) is 6.95. The van der Waals surface area contributed by atoms with Gasteiger partial charge in [-0.1, -0.05) is 12.1 Å². The number of nitrogens with one attached hydrogen (secondary N) is 1. The normalized spacial score (nSPS) is 11.0. The molecule has 6 heteroatoms. The summed E-state index contributed by atoms with van der Waals surface area (Å²) >= 11 is 3.11. The molecule has 0 radical (unpaired) electrons. The second kappa shape index (κ2) is 5.37. The van der Waals surface area contributed by atoms with Gasteiger partial charge in [0.2, 0.25) is 0 Å². The van der Waals surface area contributed by atoms with Crippen LogP contribution in [0.3, 0.4) is 0 Å². The van der Waals surface area contributed by atoms with Crippen LogP contribution in [0.4, 0.5) is 8.78 Å². The third-order valence-electron chi connectivity index (χ3n) is 3.19. The fraction of sp³-hybridized carbons (Fsp3) is 0.0667. The molecule has 106 valence electrons. The SMILES string of the molecule is O=c1[nH]nc(Cc2ccc(F)c(Br)c2)c2c(F)cccc12. The van der Waals surface area contributed by atoms with Gasteiger partial charge in [0.05, 0.1) is 15.6 Å². The third-order valence-corrected chi connectivity index (χ3v) is 3.80. The Morgan fingerprint density at radius 3 is 2.71 bits per heavy atom. The van der Waals surface area contributed by atoms with Crippen LogP contribution in [0.2, 0.25) is 0 Å². The first-order chi connectivity index (χ1) is 10.1. The Balaban J connectivity index is 2.15. The van der Waals surface area contributed by atoms with Crippen LogP contribution in [0.25, 0.3) is 10.8 Å². The zero-order valence-electron chi connectivity index (χ0n) is 10.7. The van der Waals surface area contributed by atoms with Crippen LogP contribution in [-0.4, -0.2) is 10.2 Å². The Morgan fingerprint density at radius 1 is 1.14 bits per heavy atom. The van der Waals surface area contributed by atoms with Crippen LogP contribution in [0.1, 0.15) is 11.3 Å². The molecule has 1 aromatic heterocycles. The Bertz CT molecular complexity index is 892. The van der Waals surface area contributed by atoms with Gasteiger partial charge in [0.1, 0.15) is 11.6 Å². The lowest BCUT2D eigenvalue weighted by molar-refractivity contribution is 0.620. The van der Waals surface area contributed by atoms with Gasteiger partial charge in [-0.2, -0.15) is 5.10 Å². The van der Waals surface area contributed by atoms with Gasteiger partial charge < -0.3 is 0 Å². The number of nitrogens with zero attached hydrogens (tertiary/aromatic N) is 1. The lowest BCUT2D eigenvalue weighted by Gasteiger charge is -2.06. The number of rotatable bonds is 2. The standard InChI is InChI=1S/C15H9BrF2N2O/c16-10-6-8(4-5-11(10)17)7-13-14-9(15(21)20-19-13)2-1-3-12(14)18/h1-6H,7H2,(H,20,21). The molecule has 0 atom stereocenters. The molecule has 0 saturated carbocycles. The first kappa shape index (κ1) is 13.9. The summed E-state index contributed by atoms with van der Waals surface area (Å²) in [7, 11) is 0. The summed E-state index contributed by atoms with van der Waals surface area (Å²) in [5.41, 5.74) is 0.724. The molecule has 0 amide bonds. The Kier molecular flexibility index (Phi) is 3.55. The van der Waals surface area contributed by atoms with Crippen LogP contribution < -0.4 is 5.56 Å². The quantitative estimate of drug-likeness (QED) is 0.768. The van der Waals surface area contributed by atoms with E-state index < -0.39 is 11.4 Å². The summed E-state index contributed by atoms with van der Waals surface area (Å²) in [4.78, 5) is 11.7. The number of fused-ring (bicyclic) bond motifs is 1. The van der Waals surface area contributed by atoms with Crippen molar-refractivity contribution in [3.8, 4) is 0 Å². The molecule has 21 heavy (non-hydrogen) atoms. The van der Waals surface area contributed by atoms with Crippen molar-refractivity contribution in [2.45, 2.75) is 6.42 Å². The molecule has 0 spiro atoms. The smallest absolute Gasteiger partial charge is 0.267 e. The first-order valence-electron chi connectivity index (χ1n) is 6.16. The minimum Gasteiger partial charge on any atom is -0.267 e. The number of benzene rings is 2. The van der Waals surface area contributed by atoms with Crippen molar-refractivity contribution in [3.63, 3.8) is 0 Å². The van der Waals surface area contributed by atoms with Gasteiger partial charge in [0.15, 0.2) is 0 Å². The summed E-state index contributed by atoms with van der Waals surface area (Å²) < 4.78 is 27.6. The summed E-state index contributed by atoms with van der Waals surface area (Å²) in [6.45, 7) is 0. The topological polar surface area (TPSA) is 45.8 Å². The highest BCUT2D eigenvalue weighted by Gasteiger charge is 2.12. The van der Waals surface area contributed by atoms with E-state index in [4.69, 9.17) is 0 Å². The predicted molar refractivity (Wildman–Crippen MR) is 79.2 cm³/mol. The second-order valence-corrected chi connectivity index (χ2v) is 5.44. The third kappa shape index (κ3) is 2.58. The fourth-order valence-electron chi connectivity index (χ4n) is 2.21. The van der Waals surface area contributed by atoms with E-state index in [-0.39, 0.29) is 23.0 Å². The van der Waals surface area contributed by atoms with Crippen LogP contribution in [0.5, 0.6) is 0 Å². The number of aromatic amines is 1. The molecule has 0 aliphatic carbocycles. The predicted octanol–water partition coefficient (Wildman–Crippen LogP) is 3.55. The van der Waals surface area contributed by atoms with Crippen molar-refractivity contribution in [2.75, 3.05) is 0 Å². The summed E-state index contributed by atoms with van der Waals surface area (Å²) in [5, 5.41) is 6.73. The van der Waals surface area contributed by atoms with E-state index in [1.54, 1.807) is 18.2 Å². The molecular weight excluding hydrogens is 342 g/mol. The number of halogens is 3. The van der Waals surface area contributed by atoms with Crippen molar-refractivity contribution in [2.24, 2.45) is 0 Å². The maximum atomic E-state index is 14.0. The molecule has 1 N–H and O–H groups in total. The van der Waals surface area contributed by atoms with Crippen LogP contribution >= 0.6 is 15.9 Å². The molecule has 0 unspecified atom stereocenters. The summed E-state index contributed by atoms with van der Waals surface area (Å²) in [5.74, 6) is -0.869. The highest BCUT2D eigenvalue weighted by atomic mass is 79.9. The van der Waals surface area contributed by atoms with E-state index in [1.807, 2.05) is 0 Å². The average molecular weight is 351 g/mol. The Labute approximate surface area is 126 Å². The van der Waals surface area contributed by atoms with Crippen molar-refractivity contribution in [3.05, 3.63) is 74.1 Å². The lowest BCUT2D eigenvalue weighted by Crippen LogP contribution is -2.12. The maximum absolute atomic E-state index is 14.0.